The zero-order chi connectivity index (χ0) is 22.5. The molecule has 4 nitrogen and oxygen atoms in total. The Labute approximate surface area is 194 Å². The standard InChI is InChI=1S/C27H18BrNO3/c28-25-15-18(13-24(16-29)21-8-10-22(11-9-21)27(30)31)6-12-26(25)32-17-19-5-7-20-3-1-2-4-23(20)14-19/h1-15H,17H2,(H,30,31)/b24-13-. The molecule has 0 heterocycles. The Morgan fingerprint density at radius 3 is 2.34 bits per heavy atom. The van der Waals surface area contributed by atoms with Crippen LogP contribution in [0.25, 0.3) is 22.4 Å². The lowest BCUT2D eigenvalue weighted by Crippen LogP contribution is -1.96. The quantitative estimate of drug-likeness (QED) is 0.238. The topological polar surface area (TPSA) is 70.3 Å². The number of carboxylic acid groups (broad SMARTS) is 1. The number of hydrogen-bond acceptors (Lipinski definition) is 3. The number of carbonyl (C=O) groups is 1. The fourth-order valence-corrected chi connectivity index (χ4v) is 3.86. The molecule has 0 fully saturated rings. The number of fused-ring (bicyclic) bond motifs is 1. The smallest absolute Gasteiger partial charge is 0.335 e. The van der Waals surface area contributed by atoms with Crippen LogP contribution in [-0.4, -0.2) is 11.1 Å². The summed E-state index contributed by atoms with van der Waals surface area (Å²) in [7, 11) is 0. The first-order valence-corrected chi connectivity index (χ1v) is 10.7. The maximum atomic E-state index is 11.0. The number of ether oxygens (including phenoxy) is 1. The molecule has 0 amide bonds. The van der Waals surface area contributed by atoms with Gasteiger partial charge in [-0.3, -0.25) is 0 Å². The molecule has 0 radical (unpaired) electrons. The van der Waals surface area contributed by atoms with Crippen molar-refractivity contribution in [3.63, 3.8) is 0 Å². The summed E-state index contributed by atoms with van der Waals surface area (Å²) in [5, 5.41) is 21.0. The minimum atomic E-state index is -0.998. The Morgan fingerprint density at radius 2 is 1.66 bits per heavy atom. The van der Waals surface area contributed by atoms with Crippen LogP contribution in [-0.2, 0) is 6.61 Å². The zero-order valence-corrected chi connectivity index (χ0v) is 18.5. The highest BCUT2D eigenvalue weighted by atomic mass is 79.9. The van der Waals surface area contributed by atoms with Crippen LogP contribution in [0, 0.1) is 11.3 Å². The van der Waals surface area contributed by atoms with Gasteiger partial charge in [-0.15, -0.1) is 0 Å². The molecular weight excluding hydrogens is 466 g/mol. The van der Waals surface area contributed by atoms with E-state index in [0.29, 0.717) is 23.5 Å². The Balaban J connectivity index is 1.50. The Bertz CT molecular complexity index is 1370. The molecule has 0 aliphatic heterocycles. The minimum absolute atomic E-state index is 0.182. The van der Waals surface area contributed by atoms with E-state index in [-0.39, 0.29) is 5.56 Å². The van der Waals surface area contributed by atoms with Gasteiger partial charge in [-0.05, 0) is 79.8 Å². The van der Waals surface area contributed by atoms with Gasteiger partial charge in [0.25, 0.3) is 0 Å². The Hall–Kier alpha value is -3.88. The van der Waals surface area contributed by atoms with Crippen molar-refractivity contribution in [2.45, 2.75) is 6.61 Å². The maximum Gasteiger partial charge on any atom is 0.335 e. The summed E-state index contributed by atoms with van der Waals surface area (Å²) in [6.07, 6.45) is 1.76. The van der Waals surface area contributed by atoms with E-state index in [1.165, 1.54) is 22.9 Å². The van der Waals surface area contributed by atoms with Crippen molar-refractivity contribution in [1.82, 2.24) is 0 Å². The first-order chi connectivity index (χ1) is 15.5. The van der Waals surface area contributed by atoms with Crippen molar-refractivity contribution in [3.05, 3.63) is 112 Å². The van der Waals surface area contributed by atoms with Gasteiger partial charge in [-0.2, -0.15) is 5.26 Å². The van der Waals surface area contributed by atoms with E-state index in [4.69, 9.17) is 9.84 Å². The van der Waals surface area contributed by atoms with Gasteiger partial charge >= 0.3 is 5.97 Å². The van der Waals surface area contributed by atoms with Crippen LogP contribution in [0.3, 0.4) is 0 Å². The van der Waals surface area contributed by atoms with Crippen LogP contribution in [0.4, 0.5) is 0 Å². The second-order valence-electron chi connectivity index (χ2n) is 7.21. The van der Waals surface area contributed by atoms with E-state index < -0.39 is 5.97 Å². The molecule has 4 rings (SSSR count). The number of rotatable bonds is 6. The van der Waals surface area contributed by atoms with Crippen molar-refractivity contribution in [1.29, 1.82) is 5.26 Å². The minimum Gasteiger partial charge on any atom is -0.488 e. The lowest BCUT2D eigenvalue weighted by molar-refractivity contribution is 0.0697. The van der Waals surface area contributed by atoms with Gasteiger partial charge in [0.2, 0.25) is 0 Å². The maximum absolute atomic E-state index is 11.0. The average Bonchev–Trinajstić information content (AvgIpc) is 2.82. The van der Waals surface area contributed by atoms with E-state index in [1.807, 2.05) is 30.3 Å². The summed E-state index contributed by atoms with van der Waals surface area (Å²) in [5.41, 5.74) is 3.19. The monoisotopic (exact) mass is 483 g/mol. The Morgan fingerprint density at radius 1 is 0.938 bits per heavy atom. The molecule has 0 saturated carbocycles. The third-order valence-electron chi connectivity index (χ3n) is 5.04. The van der Waals surface area contributed by atoms with Crippen molar-refractivity contribution in [2.24, 2.45) is 0 Å². The van der Waals surface area contributed by atoms with Crippen LogP contribution >= 0.6 is 15.9 Å². The predicted molar refractivity (Wildman–Crippen MR) is 129 cm³/mol. The molecule has 1 N–H and O–H groups in total. The SMILES string of the molecule is N#C/C(=C/c1ccc(OCc2ccc3ccccc3c2)c(Br)c1)c1ccc(C(=O)O)cc1. The molecule has 0 aliphatic carbocycles. The lowest BCUT2D eigenvalue weighted by Gasteiger charge is -2.10. The van der Waals surface area contributed by atoms with Gasteiger partial charge in [-0.25, -0.2) is 4.79 Å². The highest BCUT2D eigenvalue weighted by molar-refractivity contribution is 9.10. The molecule has 0 aromatic heterocycles. The first-order valence-electron chi connectivity index (χ1n) is 9.89. The van der Waals surface area contributed by atoms with E-state index in [1.54, 1.807) is 18.2 Å². The Kier molecular flexibility index (Phi) is 6.34. The number of benzene rings is 4. The summed E-state index contributed by atoms with van der Waals surface area (Å²) in [4.78, 5) is 11.0. The molecule has 4 aromatic carbocycles. The van der Waals surface area contributed by atoms with Gasteiger partial charge in [0.15, 0.2) is 0 Å². The van der Waals surface area contributed by atoms with E-state index in [0.717, 1.165) is 15.6 Å². The van der Waals surface area contributed by atoms with Gasteiger partial charge < -0.3 is 9.84 Å². The third kappa shape index (κ3) is 4.88. The lowest BCUT2D eigenvalue weighted by atomic mass is 10.0. The number of hydrogen-bond donors (Lipinski definition) is 1. The highest BCUT2D eigenvalue weighted by Crippen LogP contribution is 2.29. The molecule has 32 heavy (non-hydrogen) atoms. The number of carboxylic acids is 1. The third-order valence-corrected chi connectivity index (χ3v) is 5.66. The molecule has 5 heteroatoms. The molecule has 0 spiro atoms. The molecule has 0 bridgehead atoms. The molecule has 4 aromatic rings. The van der Waals surface area contributed by atoms with E-state index in [9.17, 15) is 10.1 Å². The second kappa shape index (κ2) is 9.51. The van der Waals surface area contributed by atoms with Crippen molar-refractivity contribution in [3.8, 4) is 11.8 Å². The van der Waals surface area contributed by atoms with E-state index in [2.05, 4.69) is 52.3 Å². The summed E-state index contributed by atoms with van der Waals surface area (Å²) in [6, 6.07) is 28.5. The van der Waals surface area contributed by atoms with Crippen LogP contribution in [0.15, 0.2) is 89.4 Å². The summed E-state index contributed by atoms with van der Waals surface area (Å²) in [6.45, 7) is 0.442. The van der Waals surface area contributed by atoms with Crippen LogP contribution in [0.5, 0.6) is 5.75 Å². The highest BCUT2D eigenvalue weighted by Gasteiger charge is 2.07. The van der Waals surface area contributed by atoms with Crippen LogP contribution < -0.4 is 4.74 Å². The van der Waals surface area contributed by atoms with Crippen LogP contribution in [0.1, 0.15) is 27.0 Å². The fourth-order valence-electron chi connectivity index (χ4n) is 3.35. The molecule has 0 unspecified atom stereocenters. The normalized spacial score (nSPS) is 11.2. The molecule has 0 atom stereocenters. The zero-order valence-electron chi connectivity index (χ0n) is 17.0. The van der Waals surface area contributed by atoms with Crippen LogP contribution in [0.2, 0.25) is 0 Å². The molecule has 0 saturated heterocycles. The number of halogens is 1. The molecule has 156 valence electrons. The van der Waals surface area contributed by atoms with Crippen molar-refractivity contribution >= 4 is 44.3 Å². The number of aromatic carboxylic acids is 1. The summed E-state index contributed by atoms with van der Waals surface area (Å²) < 4.78 is 6.77. The summed E-state index contributed by atoms with van der Waals surface area (Å²) >= 11 is 3.55. The van der Waals surface area contributed by atoms with Gasteiger partial charge in [-0.1, -0.05) is 54.6 Å². The molecule has 0 aliphatic rings. The largest absolute Gasteiger partial charge is 0.488 e. The number of allylic oxidation sites excluding steroid dienone is 1. The van der Waals surface area contributed by atoms with Crippen molar-refractivity contribution < 1.29 is 14.6 Å². The molecular formula is C27H18BrNO3. The van der Waals surface area contributed by atoms with E-state index >= 15 is 0 Å². The van der Waals surface area contributed by atoms with Gasteiger partial charge in [0, 0.05) is 0 Å². The number of nitriles is 1. The fraction of sp³-hybridized carbons (Fsp3) is 0.0370. The summed E-state index contributed by atoms with van der Waals surface area (Å²) in [5.74, 6) is -0.290. The average molecular weight is 484 g/mol. The van der Waals surface area contributed by atoms with Gasteiger partial charge in [0.05, 0.1) is 21.7 Å². The number of nitrogens with zero attached hydrogens (tertiary/aromatic N) is 1. The predicted octanol–water partition coefficient (Wildman–Crippen LogP) is 6.94. The second-order valence-corrected chi connectivity index (χ2v) is 8.07. The first kappa shape index (κ1) is 21.4. The van der Waals surface area contributed by atoms with Crippen molar-refractivity contribution in [2.75, 3.05) is 0 Å². The van der Waals surface area contributed by atoms with Gasteiger partial charge in [0.1, 0.15) is 12.4 Å².